The zero-order chi connectivity index (χ0) is 12.3. The molecule has 9 heteroatoms. The average Bonchev–Trinajstić information content (AvgIpc) is 2.15. The molecule has 0 aliphatic rings. The summed E-state index contributed by atoms with van der Waals surface area (Å²) in [7, 11) is 0. The van der Waals surface area contributed by atoms with E-state index in [9.17, 15) is 30.3 Å². The van der Waals surface area contributed by atoms with Gasteiger partial charge in [-0.15, -0.1) is 0 Å². The summed E-state index contributed by atoms with van der Waals surface area (Å²) < 4.78 is 0. The number of hydrogen-bond acceptors (Lipinski definition) is 6. The molecule has 0 aliphatic heterocycles. The van der Waals surface area contributed by atoms with E-state index in [4.69, 9.17) is 0 Å². The third-order valence-electron chi connectivity index (χ3n) is 1.70. The van der Waals surface area contributed by atoms with Crippen LogP contribution in [0.3, 0.4) is 0 Å². The molecule has 9 nitrogen and oxygen atoms in total. The molecule has 0 unspecified atom stereocenters. The van der Waals surface area contributed by atoms with Gasteiger partial charge in [0.1, 0.15) is 0 Å². The number of rotatable bonds is 4. The van der Waals surface area contributed by atoms with Gasteiger partial charge in [0.05, 0.1) is 15.9 Å². The van der Waals surface area contributed by atoms with E-state index < -0.39 is 32.7 Å². The minimum Gasteiger partial charge on any atom is -0.264 e. The highest BCUT2D eigenvalue weighted by Crippen LogP contribution is 2.22. The van der Waals surface area contributed by atoms with Crippen molar-refractivity contribution in [1.82, 2.24) is 0 Å². The fourth-order valence-electron chi connectivity index (χ4n) is 1.11. The van der Waals surface area contributed by atoms with Crippen LogP contribution in [-0.4, -0.2) is 14.8 Å². The van der Waals surface area contributed by atoms with Crippen LogP contribution >= 0.6 is 0 Å². The molecule has 1 aromatic carbocycles. The first-order valence-corrected chi connectivity index (χ1v) is 3.94. The Labute approximate surface area is 87.8 Å². The van der Waals surface area contributed by atoms with E-state index >= 15 is 0 Å². The summed E-state index contributed by atoms with van der Waals surface area (Å²) in [5.74, 6) is 0. The van der Waals surface area contributed by atoms with Gasteiger partial charge in [0.2, 0.25) is 6.54 Å². The Kier molecular flexibility index (Phi) is 3.09. The molecule has 84 valence electrons. The van der Waals surface area contributed by atoms with Gasteiger partial charge in [-0.2, -0.15) is 0 Å². The number of hydrogen-bond donors (Lipinski definition) is 0. The van der Waals surface area contributed by atoms with Crippen LogP contribution in [0.25, 0.3) is 0 Å². The van der Waals surface area contributed by atoms with Crippen LogP contribution in [0.15, 0.2) is 18.2 Å². The third-order valence-corrected chi connectivity index (χ3v) is 1.70. The van der Waals surface area contributed by atoms with E-state index in [1.54, 1.807) is 0 Å². The minimum absolute atomic E-state index is 0.0779. The van der Waals surface area contributed by atoms with Crippen LogP contribution in [0, 0.1) is 30.3 Å². The summed E-state index contributed by atoms with van der Waals surface area (Å²) in [6, 6.07) is 2.63. The lowest BCUT2D eigenvalue weighted by Crippen LogP contribution is -2.01. The molecule has 0 N–H and O–H groups in total. The second-order valence-corrected chi connectivity index (χ2v) is 2.86. The molecule has 0 spiro atoms. The minimum atomic E-state index is -0.837. The monoisotopic (exact) mass is 227 g/mol. The van der Waals surface area contributed by atoms with E-state index in [0.29, 0.717) is 0 Å². The van der Waals surface area contributed by atoms with Crippen molar-refractivity contribution in [3.05, 3.63) is 54.1 Å². The van der Waals surface area contributed by atoms with Crippen LogP contribution in [0.4, 0.5) is 11.4 Å². The van der Waals surface area contributed by atoms with E-state index in [-0.39, 0.29) is 5.56 Å². The number of benzene rings is 1. The molecule has 0 aliphatic carbocycles. The van der Waals surface area contributed by atoms with Crippen molar-refractivity contribution in [2.24, 2.45) is 0 Å². The molecule has 0 fully saturated rings. The van der Waals surface area contributed by atoms with Crippen molar-refractivity contribution >= 4 is 11.4 Å². The molecule has 0 atom stereocenters. The molecule has 16 heavy (non-hydrogen) atoms. The summed E-state index contributed by atoms with van der Waals surface area (Å²) >= 11 is 0. The van der Waals surface area contributed by atoms with Crippen LogP contribution in [0.5, 0.6) is 0 Å². The Morgan fingerprint density at radius 3 is 1.62 bits per heavy atom. The lowest BCUT2D eigenvalue weighted by atomic mass is 10.2. The molecule has 0 bridgehead atoms. The van der Waals surface area contributed by atoms with Gasteiger partial charge in [0, 0.05) is 22.6 Å². The molecule has 0 saturated heterocycles. The van der Waals surface area contributed by atoms with Gasteiger partial charge < -0.3 is 0 Å². The predicted molar refractivity (Wildman–Crippen MR) is 50.4 cm³/mol. The summed E-state index contributed by atoms with van der Waals surface area (Å²) in [5.41, 5.74) is -1.15. The highest BCUT2D eigenvalue weighted by atomic mass is 16.6. The Morgan fingerprint density at radius 2 is 1.31 bits per heavy atom. The first kappa shape index (κ1) is 11.5. The normalized spacial score (nSPS) is 9.75. The van der Waals surface area contributed by atoms with Gasteiger partial charge in [-0.3, -0.25) is 30.3 Å². The summed E-state index contributed by atoms with van der Waals surface area (Å²) in [6.45, 7) is -0.692. The first-order valence-electron chi connectivity index (χ1n) is 3.94. The Hall–Kier alpha value is -2.58. The molecule has 0 aromatic heterocycles. The number of nitro groups is 3. The first-order chi connectivity index (χ1) is 7.40. The van der Waals surface area contributed by atoms with Crippen LogP contribution < -0.4 is 0 Å². The number of nitro benzene ring substituents is 2. The Bertz CT molecular complexity index is 439. The smallest absolute Gasteiger partial charge is 0.264 e. The summed E-state index contributed by atoms with van der Waals surface area (Å²) in [4.78, 5) is 28.7. The highest BCUT2D eigenvalue weighted by molar-refractivity contribution is 5.46. The second-order valence-electron chi connectivity index (χ2n) is 2.86. The summed E-state index contributed by atoms with van der Waals surface area (Å²) in [5, 5.41) is 31.1. The Morgan fingerprint density at radius 1 is 0.875 bits per heavy atom. The second kappa shape index (κ2) is 4.29. The molecular weight excluding hydrogens is 222 g/mol. The van der Waals surface area contributed by atoms with Gasteiger partial charge in [-0.1, -0.05) is 0 Å². The van der Waals surface area contributed by atoms with Gasteiger partial charge >= 0.3 is 0 Å². The lowest BCUT2D eigenvalue weighted by Gasteiger charge is -1.97. The number of nitrogens with zero attached hydrogens (tertiary/aromatic N) is 3. The van der Waals surface area contributed by atoms with Gasteiger partial charge in [0.15, 0.2) is 0 Å². The molecular formula is C7H5N3O6. The predicted octanol–water partition coefficient (Wildman–Crippen LogP) is 1.28. The largest absolute Gasteiger partial charge is 0.276 e. The van der Waals surface area contributed by atoms with Gasteiger partial charge in [-0.25, -0.2) is 0 Å². The maximum atomic E-state index is 10.4. The highest BCUT2D eigenvalue weighted by Gasteiger charge is 2.18. The van der Waals surface area contributed by atoms with Gasteiger partial charge in [0.25, 0.3) is 11.4 Å². The molecule has 1 rings (SSSR count). The topological polar surface area (TPSA) is 129 Å². The SMILES string of the molecule is O=[N+]([O-])Cc1cc([N+](=O)[O-])cc([N+](=O)[O-])c1. The van der Waals surface area contributed by atoms with Crippen LogP contribution in [-0.2, 0) is 6.54 Å². The standard InChI is InChI=1S/C7H5N3O6/c11-8(12)4-5-1-6(9(13)14)3-7(2-5)10(15)16/h1-3H,4H2. The zero-order valence-electron chi connectivity index (χ0n) is 7.73. The van der Waals surface area contributed by atoms with Crippen molar-refractivity contribution in [1.29, 1.82) is 0 Å². The fourth-order valence-corrected chi connectivity index (χ4v) is 1.11. The lowest BCUT2D eigenvalue weighted by molar-refractivity contribution is -0.497. The van der Waals surface area contributed by atoms with Crippen molar-refractivity contribution in [2.75, 3.05) is 0 Å². The molecule has 1 aromatic rings. The van der Waals surface area contributed by atoms with E-state index in [1.165, 1.54) is 0 Å². The van der Waals surface area contributed by atoms with Crippen molar-refractivity contribution < 1.29 is 14.8 Å². The van der Waals surface area contributed by atoms with E-state index in [1.807, 2.05) is 0 Å². The average molecular weight is 227 g/mol. The summed E-state index contributed by atoms with van der Waals surface area (Å²) in [6.07, 6.45) is 0. The molecule has 0 heterocycles. The van der Waals surface area contributed by atoms with Crippen LogP contribution in [0.1, 0.15) is 5.56 Å². The van der Waals surface area contributed by atoms with Crippen molar-refractivity contribution in [3.8, 4) is 0 Å². The van der Waals surface area contributed by atoms with Crippen molar-refractivity contribution in [3.63, 3.8) is 0 Å². The quantitative estimate of drug-likeness (QED) is 0.562. The molecule has 0 amide bonds. The molecule has 0 radical (unpaired) electrons. The molecule has 0 saturated carbocycles. The Balaban J connectivity index is 3.23. The van der Waals surface area contributed by atoms with Crippen molar-refractivity contribution in [2.45, 2.75) is 6.54 Å². The van der Waals surface area contributed by atoms with E-state index in [2.05, 4.69) is 0 Å². The van der Waals surface area contributed by atoms with Gasteiger partial charge in [-0.05, 0) is 0 Å². The maximum absolute atomic E-state index is 10.4. The van der Waals surface area contributed by atoms with E-state index in [0.717, 1.165) is 18.2 Å². The fraction of sp³-hybridized carbons (Fsp3) is 0.143. The number of non-ortho nitro benzene ring substituents is 2. The third kappa shape index (κ3) is 2.70. The maximum Gasteiger partial charge on any atom is 0.276 e. The van der Waals surface area contributed by atoms with Crippen LogP contribution in [0.2, 0.25) is 0 Å². The zero-order valence-corrected chi connectivity index (χ0v) is 7.73.